The van der Waals surface area contributed by atoms with E-state index in [1.807, 2.05) is 31.2 Å². The monoisotopic (exact) mass is 496 g/mol. The van der Waals surface area contributed by atoms with Gasteiger partial charge in [0.15, 0.2) is 10.6 Å². The Morgan fingerprint density at radius 3 is 2.64 bits per heavy atom. The molecule has 0 saturated heterocycles. The summed E-state index contributed by atoms with van der Waals surface area (Å²) in [4.78, 5) is 45.8. The third-order valence-electron chi connectivity index (χ3n) is 6.27. The van der Waals surface area contributed by atoms with E-state index in [2.05, 4.69) is 0 Å². The number of hydrogen-bond acceptors (Lipinski definition) is 7. The fourth-order valence-corrected chi connectivity index (χ4v) is 5.57. The summed E-state index contributed by atoms with van der Waals surface area (Å²) >= 11 is 1.27. The number of ether oxygens (including phenoxy) is 1. The van der Waals surface area contributed by atoms with Crippen LogP contribution in [0.4, 0.5) is 5.13 Å². The van der Waals surface area contributed by atoms with Crippen molar-refractivity contribution in [3.05, 3.63) is 105 Å². The molecular formula is C28H20N2O5S. The van der Waals surface area contributed by atoms with E-state index >= 15 is 0 Å². The number of carbonyl (C=O) groups excluding carboxylic acids is 2. The number of amides is 1. The lowest BCUT2D eigenvalue weighted by Crippen LogP contribution is -2.29. The van der Waals surface area contributed by atoms with Crippen molar-refractivity contribution in [3.63, 3.8) is 0 Å². The highest BCUT2D eigenvalue weighted by Gasteiger charge is 2.45. The van der Waals surface area contributed by atoms with Crippen LogP contribution in [0, 0.1) is 6.92 Å². The van der Waals surface area contributed by atoms with Crippen LogP contribution < -0.4 is 10.3 Å². The smallest absolute Gasteiger partial charge is 0.338 e. The minimum absolute atomic E-state index is 0.0238. The topological polar surface area (TPSA) is 89.7 Å². The van der Waals surface area contributed by atoms with Crippen molar-refractivity contribution < 1.29 is 18.7 Å². The van der Waals surface area contributed by atoms with E-state index in [-0.39, 0.29) is 17.8 Å². The number of anilines is 1. The summed E-state index contributed by atoms with van der Waals surface area (Å²) in [6.07, 6.45) is 0. The van der Waals surface area contributed by atoms with Crippen molar-refractivity contribution in [2.75, 3.05) is 11.5 Å². The van der Waals surface area contributed by atoms with Gasteiger partial charge in [0.2, 0.25) is 5.76 Å². The maximum absolute atomic E-state index is 13.8. The van der Waals surface area contributed by atoms with Crippen LogP contribution in [0.25, 0.3) is 21.2 Å². The Morgan fingerprint density at radius 2 is 1.86 bits per heavy atom. The number of nitrogens with zero attached hydrogens (tertiary/aromatic N) is 2. The van der Waals surface area contributed by atoms with Gasteiger partial charge >= 0.3 is 5.97 Å². The van der Waals surface area contributed by atoms with Crippen molar-refractivity contribution in [3.8, 4) is 0 Å². The van der Waals surface area contributed by atoms with Crippen LogP contribution in [0.1, 0.15) is 50.6 Å². The second-order valence-electron chi connectivity index (χ2n) is 8.56. The molecule has 0 spiro atoms. The predicted octanol–water partition coefficient (Wildman–Crippen LogP) is 5.64. The number of aromatic nitrogens is 1. The molecule has 1 atom stereocenters. The number of hydrogen-bond donors (Lipinski definition) is 0. The van der Waals surface area contributed by atoms with Crippen molar-refractivity contribution >= 4 is 49.5 Å². The van der Waals surface area contributed by atoms with E-state index in [4.69, 9.17) is 14.1 Å². The first-order valence-electron chi connectivity index (χ1n) is 11.5. The second-order valence-corrected chi connectivity index (χ2v) is 9.57. The number of para-hydroxylation sites is 1. The maximum Gasteiger partial charge on any atom is 0.338 e. The van der Waals surface area contributed by atoms with Crippen LogP contribution in [0.2, 0.25) is 0 Å². The van der Waals surface area contributed by atoms with Crippen LogP contribution in [0.15, 0.2) is 75.9 Å². The SMILES string of the molecule is CCOC(=O)c1ccc2nc(N3C(=O)c4oc5ccccc5c(=O)c4C3c3ccc(C)cc3)sc2c1. The van der Waals surface area contributed by atoms with Gasteiger partial charge < -0.3 is 9.15 Å². The van der Waals surface area contributed by atoms with Gasteiger partial charge in [0.05, 0.1) is 39.4 Å². The minimum atomic E-state index is -0.695. The Hall–Kier alpha value is -4.30. The van der Waals surface area contributed by atoms with E-state index in [1.54, 1.807) is 49.4 Å². The van der Waals surface area contributed by atoms with Crippen LogP contribution in [-0.2, 0) is 4.74 Å². The largest absolute Gasteiger partial charge is 0.462 e. The number of benzene rings is 3. The van der Waals surface area contributed by atoms with Crippen LogP contribution in [-0.4, -0.2) is 23.5 Å². The molecule has 1 aliphatic heterocycles. The molecule has 8 heteroatoms. The molecule has 5 aromatic rings. The summed E-state index contributed by atoms with van der Waals surface area (Å²) in [5.41, 5.74) is 3.32. The Labute approximate surface area is 209 Å². The Kier molecular flexibility index (Phi) is 5.19. The Balaban J connectivity index is 1.55. The zero-order chi connectivity index (χ0) is 25.0. The zero-order valence-electron chi connectivity index (χ0n) is 19.5. The number of rotatable bonds is 4. The molecular weight excluding hydrogens is 476 g/mol. The normalized spacial score (nSPS) is 15.0. The van der Waals surface area contributed by atoms with E-state index in [0.29, 0.717) is 32.7 Å². The average molecular weight is 497 g/mol. The first kappa shape index (κ1) is 22.2. The third kappa shape index (κ3) is 3.41. The molecule has 0 saturated carbocycles. The summed E-state index contributed by atoms with van der Waals surface area (Å²) in [5.74, 6) is -0.822. The number of aryl methyl sites for hydroxylation is 1. The lowest BCUT2D eigenvalue weighted by molar-refractivity contribution is 0.0526. The van der Waals surface area contributed by atoms with Gasteiger partial charge in [-0.05, 0) is 49.7 Å². The van der Waals surface area contributed by atoms with Gasteiger partial charge in [0.25, 0.3) is 5.91 Å². The van der Waals surface area contributed by atoms with Gasteiger partial charge in [-0.15, -0.1) is 0 Å². The van der Waals surface area contributed by atoms with E-state index in [0.717, 1.165) is 15.8 Å². The quantitative estimate of drug-likeness (QED) is 0.299. The molecule has 1 aliphatic rings. The molecule has 0 bridgehead atoms. The summed E-state index contributed by atoms with van der Waals surface area (Å²) in [7, 11) is 0. The highest BCUT2D eigenvalue weighted by atomic mass is 32.1. The average Bonchev–Trinajstić information content (AvgIpc) is 3.43. The van der Waals surface area contributed by atoms with Crippen LogP contribution in [0.3, 0.4) is 0 Å². The lowest BCUT2D eigenvalue weighted by Gasteiger charge is -2.22. The number of carbonyl (C=O) groups is 2. The number of thiazole rings is 1. The van der Waals surface area contributed by atoms with Crippen LogP contribution in [0.5, 0.6) is 0 Å². The van der Waals surface area contributed by atoms with Gasteiger partial charge in [0, 0.05) is 0 Å². The summed E-state index contributed by atoms with van der Waals surface area (Å²) < 4.78 is 11.8. The Bertz CT molecular complexity index is 1740. The first-order valence-corrected chi connectivity index (χ1v) is 12.3. The fourth-order valence-electron chi connectivity index (χ4n) is 4.54. The molecule has 0 aliphatic carbocycles. The van der Waals surface area contributed by atoms with Gasteiger partial charge in [-0.25, -0.2) is 9.78 Å². The molecule has 178 valence electrons. The highest BCUT2D eigenvalue weighted by molar-refractivity contribution is 7.22. The van der Waals surface area contributed by atoms with Gasteiger partial charge in [-0.3, -0.25) is 14.5 Å². The molecule has 0 fully saturated rings. The molecule has 36 heavy (non-hydrogen) atoms. The highest BCUT2D eigenvalue weighted by Crippen LogP contribution is 2.43. The first-order chi connectivity index (χ1) is 17.5. The maximum atomic E-state index is 13.8. The molecule has 0 radical (unpaired) electrons. The van der Waals surface area contributed by atoms with Crippen molar-refractivity contribution in [1.82, 2.24) is 4.98 Å². The van der Waals surface area contributed by atoms with E-state index < -0.39 is 17.9 Å². The van der Waals surface area contributed by atoms with Crippen molar-refractivity contribution in [2.24, 2.45) is 0 Å². The molecule has 3 aromatic carbocycles. The van der Waals surface area contributed by atoms with E-state index in [9.17, 15) is 14.4 Å². The molecule has 0 N–H and O–H groups in total. The number of fused-ring (bicyclic) bond motifs is 3. The standard InChI is InChI=1S/C28H20N2O5S/c1-3-34-27(33)17-12-13-19-21(14-17)36-28(29-19)30-23(16-10-8-15(2)9-11-16)22-24(31)18-6-4-5-7-20(18)35-25(22)26(30)32/h4-14,23H,3H2,1-2H3. The van der Waals surface area contributed by atoms with Crippen LogP contribution >= 0.6 is 11.3 Å². The molecule has 2 aromatic heterocycles. The van der Waals surface area contributed by atoms with Crippen molar-refractivity contribution in [1.29, 1.82) is 0 Å². The van der Waals surface area contributed by atoms with E-state index in [1.165, 1.54) is 16.2 Å². The third-order valence-corrected chi connectivity index (χ3v) is 7.28. The molecule has 7 nitrogen and oxygen atoms in total. The minimum Gasteiger partial charge on any atom is -0.462 e. The van der Waals surface area contributed by atoms with Crippen molar-refractivity contribution in [2.45, 2.75) is 19.9 Å². The molecule has 1 amide bonds. The fraction of sp³-hybridized carbons (Fsp3) is 0.143. The van der Waals surface area contributed by atoms with Gasteiger partial charge in [-0.1, -0.05) is 53.3 Å². The predicted molar refractivity (Wildman–Crippen MR) is 138 cm³/mol. The summed E-state index contributed by atoms with van der Waals surface area (Å²) in [6.45, 7) is 4.01. The number of esters is 1. The summed E-state index contributed by atoms with van der Waals surface area (Å²) in [5, 5.41) is 0.836. The zero-order valence-corrected chi connectivity index (χ0v) is 20.3. The Morgan fingerprint density at radius 1 is 1.08 bits per heavy atom. The molecule has 3 heterocycles. The van der Waals surface area contributed by atoms with Gasteiger partial charge in [-0.2, -0.15) is 0 Å². The van der Waals surface area contributed by atoms with Gasteiger partial charge in [0.1, 0.15) is 5.58 Å². The summed E-state index contributed by atoms with van der Waals surface area (Å²) in [6, 6.07) is 19.0. The second kappa shape index (κ2) is 8.42. The molecule has 1 unspecified atom stereocenters. The molecule has 6 rings (SSSR count). The lowest BCUT2D eigenvalue weighted by atomic mass is 9.98.